The van der Waals surface area contributed by atoms with Crippen LogP contribution in [0.1, 0.15) is 43.1 Å². The Labute approximate surface area is 135 Å². The molecule has 0 saturated carbocycles. The predicted molar refractivity (Wildman–Crippen MR) is 85.6 cm³/mol. The summed E-state index contributed by atoms with van der Waals surface area (Å²) >= 11 is 5.93. The Morgan fingerprint density at radius 3 is 2.38 bits per heavy atom. The number of benzene rings is 1. The van der Waals surface area contributed by atoms with Crippen LogP contribution in [0.3, 0.4) is 0 Å². The summed E-state index contributed by atoms with van der Waals surface area (Å²) in [5.41, 5.74) is 0.680. The molecule has 118 valence electrons. The highest BCUT2D eigenvalue weighted by Gasteiger charge is 2.21. The molecule has 0 saturated heterocycles. The maximum atomic E-state index is 12.2. The van der Waals surface area contributed by atoms with Crippen molar-refractivity contribution in [2.45, 2.75) is 39.0 Å². The molecular formula is C14H19Cl2NO3S. The van der Waals surface area contributed by atoms with Gasteiger partial charge < -0.3 is 5.32 Å². The zero-order chi connectivity index (χ0) is 16.4. The molecule has 0 aliphatic rings. The number of rotatable bonds is 5. The van der Waals surface area contributed by atoms with Crippen LogP contribution in [0.15, 0.2) is 17.0 Å². The first kappa shape index (κ1) is 18.3. The number of halogens is 2. The molecule has 1 amide bonds. The summed E-state index contributed by atoms with van der Waals surface area (Å²) in [7, 11) is 1.34. The fourth-order valence-electron chi connectivity index (χ4n) is 1.59. The molecule has 0 fully saturated rings. The molecule has 0 heterocycles. The van der Waals surface area contributed by atoms with Crippen LogP contribution < -0.4 is 5.32 Å². The van der Waals surface area contributed by atoms with Crippen molar-refractivity contribution < 1.29 is 13.2 Å². The van der Waals surface area contributed by atoms with E-state index in [1.54, 1.807) is 13.0 Å². The van der Waals surface area contributed by atoms with Gasteiger partial charge in [-0.1, -0.05) is 32.4 Å². The van der Waals surface area contributed by atoms with Crippen LogP contribution >= 0.6 is 22.3 Å². The zero-order valence-corrected chi connectivity index (χ0v) is 14.8. The predicted octanol–water partition coefficient (Wildman–Crippen LogP) is 3.74. The lowest BCUT2D eigenvalue weighted by Gasteiger charge is -2.23. The summed E-state index contributed by atoms with van der Waals surface area (Å²) in [5.74, 6) is -0.349. The molecule has 0 atom stereocenters. The van der Waals surface area contributed by atoms with Crippen LogP contribution in [-0.4, -0.2) is 20.9 Å². The number of nitrogens with one attached hydrogen (secondary N) is 1. The van der Waals surface area contributed by atoms with Gasteiger partial charge in [0.05, 0.1) is 5.02 Å². The van der Waals surface area contributed by atoms with Crippen molar-refractivity contribution in [3.05, 3.63) is 28.3 Å². The molecule has 0 bridgehead atoms. The average Bonchev–Trinajstić information content (AvgIpc) is 2.37. The van der Waals surface area contributed by atoms with Gasteiger partial charge in [0.1, 0.15) is 4.90 Å². The minimum atomic E-state index is -4.00. The van der Waals surface area contributed by atoms with Crippen LogP contribution in [-0.2, 0) is 9.05 Å². The van der Waals surface area contributed by atoms with E-state index in [1.165, 1.54) is 6.07 Å². The monoisotopic (exact) mass is 351 g/mol. The SMILES string of the molecule is CCC(C)(C)CNC(=O)c1cc(C)c(Cl)c(S(=O)(=O)Cl)c1. The molecule has 1 rings (SSSR count). The van der Waals surface area contributed by atoms with E-state index in [4.69, 9.17) is 22.3 Å². The second-order valence-corrected chi connectivity index (χ2v) is 8.66. The Bertz CT molecular complexity index is 654. The van der Waals surface area contributed by atoms with E-state index >= 15 is 0 Å². The third-order valence-corrected chi connectivity index (χ3v) is 5.39. The quantitative estimate of drug-likeness (QED) is 0.821. The van der Waals surface area contributed by atoms with E-state index in [0.717, 1.165) is 6.42 Å². The molecule has 1 aromatic rings. The Hall–Kier alpha value is -0.780. The van der Waals surface area contributed by atoms with Gasteiger partial charge in [0, 0.05) is 22.8 Å². The Kier molecular flexibility index (Phi) is 5.69. The van der Waals surface area contributed by atoms with Gasteiger partial charge in [-0.3, -0.25) is 4.79 Å². The van der Waals surface area contributed by atoms with Crippen molar-refractivity contribution in [1.29, 1.82) is 0 Å². The van der Waals surface area contributed by atoms with Gasteiger partial charge >= 0.3 is 0 Å². The summed E-state index contributed by atoms with van der Waals surface area (Å²) < 4.78 is 23.0. The first-order valence-electron chi connectivity index (χ1n) is 6.51. The molecule has 0 aromatic heterocycles. The third-order valence-electron chi connectivity index (χ3n) is 3.43. The highest BCUT2D eigenvalue weighted by molar-refractivity contribution is 8.13. The van der Waals surface area contributed by atoms with Gasteiger partial charge in [-0.2, -0.15) is 0 Å². The van der Waals surface area contributed by atoms with Crippen molar-refractivity contribution in [2.24, 2.45) is 5.41 Å². The molecule has 0 aliphatic heterocycles. The number of carbonyl (C=O) groups is 1. The van der Waals surface area contributed by atoms with Crippen molar-refractivity contribution in [2.75, 3.05) is 6.54 Å². The zero-order valence-electron chi connectivity index (χ0n) is 12.5. The number of hydrogen-bond donors (Lipinski definition) is 1. The molecule has 4 nitrogen and oxygen atoms in total. The molecule has 1 N–H and O–H groups in total. The van der Waals surface area contributed by atoms with E-state index < -0.39 is 9.05 Å². The van der Waals surface area contributed by atoms with Crippen LogP contribution in [0, 0.1) is 12.3 Å². The number of carbonyl (C=O) groups excluding carboxylic acids is 1. The second kappa shape index (κ2) is 6.55. The number of aryl methyl sites for hydroxylation is 1. The summed E-state index contributed by atoms with van der Waals surface area (Å²) in [6.45, 7) is 8.23. The molecule has 1 aromatic carbocycles. The van der Waals surface area contributed by atoms with Crippen molar-refractivity contribution in [1.82, 2.24) is 5.32 Å². The van der Waals surface area contributed by atoms with Gasteiger partial charge in [0.25, 0.3) is 15.0 Å². The molecule has 0 unspecified atom stereocenters. The lowest BCUT2D eigenvalue weighted by atomic mass is 9.90. The van der Waals surface area contributed by atoms with Gasteiger partial charge in [0.15, 0.2) is 0 Å². The fraction of sp³-hybridized carbons (Fsp3) is 0.500. The number of hydrogen-bond acceptors (Lipinski definition) is 3. The Morgan fingerprint density at radius 1 is 1.33 bits per heavy atom. The van der Waals surface area contributed by atoms with Crippen LogP contribution in [0.4, 0.5) is 0 Å². The van der Waals surface area contributed by atoms with Crippen molar-refractivity contribution in [3.63, 3.8) is 0 Å². The average molecular weight is 352 g/mol. The van der Waals surface area contributed by atoms with Gasteiger partial charge in [-0.15, -0.1) is 0 Å². The molecule has 0 spiro atoms. The largest absolute Gasteiger partial charge is 0.352 e. The minimum Gasteiger partial charge on any atom is -0.352 e. The van der Waals surface area contributed by atoms with Gasteiger partial charge in [-0.25, -0.2) is 8.42 Å². The standard InChI is InChI=1S/C14H19Cl2NO3S/c1-5-14(3,4)8-17-13(18)10-6-9(2)12(15)11(7-10)21(16,19)20/h6-7H,5,8H2,1-4H3,(H,17,18). The maximum Gasteiger partial charge on any atom is 0.262 e. The molecule has 21 heavy (non-hydrogen) atoms. The van der Waals surface area contributed by atoms with E-state index in [0.29, 0.717) is 12.1 Å². The van der Waals surface area contributed by atoms with Crippen LogP contribution in [0.5, 0.6) is 0 Å². The Morgan fingerprint density at radius 2 is 1.90 bits per heavy atom. The molecule has 0 aliphatic carbocycles. The highest BCUT2D eigenvalue weighted by atomic mass is 35.7. The summed E-state index contributed by atoms with van der Waals surface area (Å²) in [6, 6.07) is 2.74. The smallest absolute Gasteiger partial charge is 0.262 e. The number of amides is 1. The molecular weight excluding hydrogens is 333 g/mol. The van der Waals surface area contributed by atoms with E-state index in [9.17, 15) is 13.2 Å². The highest BCUT2D eigenvalue weighted by Crippen LogP contribution is 2.29. The first-order valence-corrected chi connectivity index (χ1v) is 9.19. The summed E-state index contributed by atoms with van der Waals surface area (Å²) in [4.78, 5) is 11.9. The lowest BCUT2D eigenvalue weighted by molar-refractivity contribution is 0.0935. The van der Waals surface area contributed by atoms with E-state index in [2.05, 4.69) is 5.32 Å². The van der Waals surface area contributed by atoms with Crippen LogP contribution in [0.25, 0.3) is 0 Å². The minimum absolute atomic E-state index is 0.0292. The second-order valence-electron chi connectivity index (χ2n) is 5.74. The van der Waals surface area contributed by atoms with Crippen molar-refractivity contribution >= 4 is 37.2 Å². The van der Waals surface area contributed by atoms with Crippen LogP contribution in [0.2, 0.25) is 5.02 Å². The fourth-order valence-corrected chi connectivity index (χ4v) is 3.13. The lowest BCUT2D eigenvalue weighted by Crippen LogP contribution is -2.33. The maximum absolute atomic E-state index is 12.2. The Balaban J connectivity index is 3.10. The first-order chi connectivity index (χ1) is 9.48. The normalized spacial score (nSPS) is 12.3. The molecule has 7 heteroatoms. The third kappa shape index (κ3) is 4.87. The van der Waals surface area contributed by atoms with Crippen molar-refractivity contribution in [3.8, 4) is 0 Å². The van der Waals surface area contributed by atoms with E-state index in [-0.39, 0.29) is 26.8 Å². The molecule has 0 radical (unpaired) electrons. The summed E-state index contributed by atoms with van der Waals surface area (Å²) in [5, 5.41) is 2.83. The topological polar surface area (TPSA) is 63.2 Å². The van der Waals surface area contributed by atoms with E-state index in [1.807, 2.05) is 20.8 Å². The summed E-state index contributed by atoms with van der Waals surface area (Å²) in [6.07, 6.45) is 0.911. The van der Waals surface area contributed by atoms with Gasteiger partial charge in [0.2, 0.25) is 0 Å². The van der Waals surface area contributed by atoms with Gasteiger partial charge in [-0.05, 0) is 36.5 Å².